The van der Waals surface area contributed by atoms with Crippen molar-refractivity contribution in [3.05, 3.63) is 29.8 Å². The van der Waals surface area contributed by atoms with Gasteiger partial charge in [-0.25, -0.2) is 0 Å². The van der Waals surface area contributed by atoms with E-state index in [-0.39, 0.29) is 17.6 Å². The maximum absolute atomic E-state index is 11.7. The van der Waals surface area contributed by atoms with Crippen molar-refractivity contribution in [2.75, 3.05) is 6.54 Å². The van der Waals surface area contributed by atoms with Crippen LogP contribution in [0, 0.1) is 12.3 Å². The number of terminal acetylenes is 1. The van der Waals surface area contributed by atoms with Gasteiger partial charge in [-0.2, -0.15) is 0 Å². The van der Waals surface area contributed by atoms with E-state index in [1.165, 1.54) is 6.92 Å². The van der Waals surface area contributed by atoms with Gasteiger partial charge in [0, 0.05) is 11.8 Å². The molecule has 82 valence electrons. The number of nitrogens with one attached hydrogen (secondary N) is 1. The minimum absolute atomic E-state index is 0.0581. The van der Waals surface area contributed by atoms with Gasteiger partial charge < -0.3 is 5.32 Å². The molecule has 0 unspecified atom stereocenters. The van der Waals surface area contributed by atoms with E-state index in [0.717, 1.165) is 11.8 Å². The van der Waals surface area contributed by atoms with Gasteiger partial charge in [0.1, 0.15) is 0 Å². The largest absolute Gasteiger partial charge is 0.341 e. The Kier molecular flexibility index (Phi) is 4.62. The summed E-state index contributed by atoms with van der Waals surface area (Å²) >= 11 is 1.04. The van der Waals surface area contributed by atoms with Gasteiger partial charge in [-0.05, 0) is 12.1 Å². The quantitative estimate of drug-likeness (QED) is 0.638. The molecule has 4 heteroatoms. The van der Waals surface area contributed by atoms with Crippen molar-refractivity contribution < 1.29 is 9.59 Å². The number of hydrogen-bond acceptors (Lipinski definition) is 3. The van der Waals surface area contributed by atoms with Gasteiger partial charge >= 0.3 is 0 Å². The molecule has 0 aliphatic heterocycles. The Morgan fingerprint density at radius 1 is 1.44 bits per heavy atom. The Balaban J connectivity index is 2.90. The molecular weight excluding hydrogens is 222 g/mol. The van der Waals surface area contributed by atoms with Gasteiger partial charge in [0.15, 0.2) is 5.12 Å². The van der Waals surface area contributed by atoms with Crippen LogP contribution in [-0.2, 0) is 4.79 Å². The lowest BCUT2D eigenvalue weighted by Gasteiger charge is -2.06. The van der Waals surface area contributed by atoms with Crippen LogP contribution < -0.4 is 5.32 Å². The second-order valence-electron chi connectivity index (χ2n) is 2.98. The fraction of sp³-hybridized carbons (Fsp3) is 0.167. The SMILES string of the molecule is C#CCNC(=O)c1ccccc1SC(C)=O. The van der Waals surface area contributed by atoms with Gasteiger partial charge in [0.2, 0.25) is 0 Å². The molecule has 0 saturated heterocycles. The molecule has 0 saturated carbocycles. The van der Waals surface area contributed by atoms with E-state index in [0.29, 0.717) is 10.5 Å². The van der Waals surface area contributed by atoms with Crippen LogP contribution in [0.2, 0.25) is 0 Å². The number of carbonyl (C=O) groups excluding carboxylic acids is 2. The molecule has 0 radical (unpaired) electrons. The van der Waals surface area contributed by atoms with Gasteiger partial charge in [0.05, 0.1) is 12.1 Å². The highest BCUT2D eigenvalue weighted by Crippen LogP contribution is 2.22. The standard InChI is InChI=1S/C12H11NO2S/c1-3-8-13-12(15)10-6-4-5-7-11(10)16-9(2)14/h1,4-7H,8H2,2H3,(H,13,15). The smallest absolute Gasteiger partial charge is 0.253 e. The summed E-state index contributed by atoms with van der Waals surface area (Å²) in [6, 6.07) is 6.92. The second-order valence-corrected chi connectivity index (χ2v) is 4.20. The lowest BCUT2D eigenvalue weighted by atomic mass is 10.2. The van der Waals surface area contributed by atoms with E-state index < -0.39 is 0 Å². The molecule has 0 atom stereocenters. The summed E-state index contributed by atoms with van der Waals surface area (Å²) in [5.41, 5.74) is 0.470. The molecule has 0 aliphatic carbocycles. The van der Waals surface area contributed by atoms with Gasteiger partial charge in [-0.1, -0.05) is 29.8 Å². The lowest BCUT2D eigenvalue weighted by molar-refractivity contribution is -0.109. The number of thioether (sulfide) groups is 1. The van der Waals surface area contributed by atoms with Gasteiger partial charge in [-0.15, -0.1) is 6.42 Å². The lowest BCUT2D eigenvalue weighted by Crippen LogP contribution is -2.24. The van der Waals surface area contributed by atoms with Crippen molar-refractivity contribution in [3.63, 3.8) is 0 Å². The number of carbonyl (C=O) groups is 2. The van der Waals surface area contributed by atoms with Gasteiger partial charge in [0.25, 0.3) is 5.91 Å². The first-order valence-electron chi connectivity index (χ1n) is 4.64. The molecule has 0 aromatic heterocycles. The molecule has 1 N–H and O–H groups in total. The third-order valence-electron chi connectivity index (χ3n) is 1.74. The number of amides is 1. The predicted octanol–water partition coefficient (Wildman–Crippen LogP) is 1.69. The fourth-order valence-electron chi connectivity index (χ4n) is 1.12. The summed E-state index contributed by atoms with van der Waals surface area (Å²) in [6.45, 7) is 1.64. The van der Waals surface area contributed by atoms with Crippen molar-refractivity contribution in [1.82, 2.24) is 5.32 Å². The first kappa shape index (κ1) is 12.3. The van der Waals surface area contributed by atoms with Crippen LogP contribution in [0.4, 0.5) is 0 Å². The summed E-state index contributed by atoms with van der Waals surface area (Å²) in [7, 11) is 0. The highest BCUT2D eigenvalue weighted by molar-refractivity contribution is 8.13. The Labute approximate surface area is 98.6 Å². The third-order valence-corrected chi connectivity index (χ3v) is 2.60. The average Bonchev–Trinajstić information content (AvgIpc) is 2.26. The molecule has 0 fully saturated rings. The summed E-state index contributed by atoms with van der Waals surface area (Å²) in [5, 5.41) is 2.50. The molecule has 0 bridgehead atoms. The van der Waals surface area contributed by atoms with E-state index in [1.54, 1.807) is 24.3 Å². The average molecular weight is 233 g/mol. The topological polar surface area (TPSA) is 46.2 Å². The van der Waals surface area contributed by atoms with Crippen LogP contribution in [0.25, 0.3) is 0 Å². The Hall–Kier alpha value is -1.73. The van der Waals surface area contributed by atoms with Crippen molar-refractivity contribution in [1.29, 1.82) is 0 Å². The fourth-order valence-corrected chi connectivity index (χ4v) is 1.85. The molecule has 0 spiro atoms. The van der Waals surface area contributed by atoms with E-state index in [2.05, 4.69) is 11.2 Å². The monoisotopic (exact) mass is 233 g/mol. The first-order chi connectivity index (χ1) is 7.65. The van der Waals surface area contributed by atoms with Crippen LogP contribution in [0.1, 0.15) is 17.3 Å². The highest BCUT2D eigenvalue weighted by Gasteiger charge is 2.11. The van der Waals surface area contributed by atoms with Crippen LogP contribution in [-0.4, -0.2) is 17.6 Å². The maximum Gasteiger partial charge on any atom is 0.253 e. The molecular formula is C12H11NO2S. The summed E-state index contributed by atoms with van der Waals surface area (Å²) < 4.78 is 0. The van der Waals surface area contributed by atoms with E-state index in [9.17, 15) is 9.59 Å². The first-order valence-corrected chi connectivity index (χ1v) is 5.46. The van der Waals surface area contributed by atoms with Crippen molar-refractivity contribution in [3.8, 4) is 12.3 Å². The molecule has 16 heavy (non-hydrogen) atoms. The molecule has 3 nitrogen and oxygen atoms in total. The highest BCUT2D eigenvalue weighted by atomic mass is 32.2. The van der Waals surface area contributed by atoms with Crippen LogP contribution in [0.5, 0.6) is 0 Å². The molecule has 1 aromatic carbocycles. The molecule has 1 rings (SSSR count). The van der Waals surface area contributed by atoms with E-state index in [4.69, 9.17) is 6.42 Å². The van der Waals surface area contributed by atoms with Crippen molar-refractivity contribution >= 4 is 22.8 Å². The number of rotatable bonds is 3. The summed E-state index contributed by atoms with van der Waals surface area (Å²) in [4.78, 5) is 23.3. The molecule has 1 amide bonds. The number of benzene rings is 1. The minimum Gasteiger partial charge on any atom is -0.341 e. The normalized spacial score (nSPS) is 9.25. The van der Waals surface area contributed by atoms with Crippen molar-refractivity contribution in [2.45, 2.75) is 11.8 Å². The number of hydrogen-bond donors (Lipinski definition) is 1. The van der Waals surface area contributed by atoms with Crippen LogP contribution in [0.3, 0.4) is 0 Å². The van der Waals surface area contributed by atoms with E-state index in [1.807, 2.05) is 0 Å². The molecule has 0 aliphatic rings. The zero-order valence-corrected chi connectivity index (χ0v) is 9.64. The van der Waals surface area contributed by atoms with Gasteiger partial charge in [-0.3, -0.25) is 9.59 Å². The second kappa shape index (κ2) is 5.99. The Morgan fingerprint density at radius 3 is 2.75 bits per heavy atom. The summed E-state index contributed by atoms with van der Waals surface area (Å²) in [6.07, 6.45) is 5.05. The summed E-state index contributed by atoms with van der Waals surface area (Å²) in [5.74, 6) is 2.06. The zero-order chi connectivity index (χ0) is 12.0. The Bertz CT molecular complexity index is 449. The maximum atomic E-state index is 11.7. The zero-order valence-electron chi connectivity index (χ0n) is 8.82. The molecule has 1 aromatic rings. The minimum atomic E-state index is -0.262. The van der Waals surface area contributed by atoms with Crippen molar-refractivity contribution in [2.24, 2.45) is 0 Å². The van der Waals surface area contributed by atoms with Crippen LogP contribution >= 0.6 is 11.8 Å². The Morgan fingerprint density at radius 2 is 2.12 bits per heavy atom. The predicted molar refractivity (Wildman–Crippen MR) is 64.1 cm³/mol. The van der Waals surface area contributed by atoms with E-state index >= 15 is 0 Å². The third kappa shape index (κ3) is 3.44. The molecule has 0 heterocycles. The van der Waals surface area contributed by atoms with Crippen LogP contribution in [0.15, 0.2) is 29.2 Å².